The molecule has 0 saturated heterocycles. The Hall–Kier alpha value is -1.57. The topological polar surface area (TPSA) is 67.2 Å². The molecule has 0 aliphatic rings. The van der Waals surface area contributed by atoms with E-state index in [1.54, 1.807) is 24.4 Å². The Morgan fingerprint density at radius 1 is 1.53 bits per heavy atom. The lowest BCUT2D eigenvalue weighted by Gasteiger charge is -2.07. The Kier molecular flexibility index (Phi) is 4.41. The van der Waals surface area contributed by atoms with Crippen LogP contribution in [0, 0.1) is 10.5 Å². The summed E-state index contributed by atoms with van der Waals surface area (Å²) in [6.45, 7) is 2.52. The molecule has 0 aliphatic heterocycles. The molecule has 2 rings (SSSR count). The minimum absolute atomic E-state index is 0.101. The van der Waals surface area contributed by atoms with E-state index in [1.807, 2.05) is 11.6 Å². The van der Waals surface area contributed by atoms with E-state index in [0.717, 1.165) is 9.26 Å². The van der Waals surface area contributed by atoms with Crippen LogP contribution >= 0.6 is 22.6 Å². The summed E-state index contributed by atoms with van der Waals surface area (Å²) in [4.78, 5) is 11.8. The maximum absolute atomic E-state index is 11.8. The van der Waals surface area contributed by atoms with Crippen molar-refractivity contribution in [1.82, 2.24) is 9.78 Å². The Morgan fingerprint density at radius 2 is 2.32 bits per heavy atom. The number of carbonyl (C=O) groups is 1. The van der Waals surface area contributed by atoms with Gasteiger partial charge < -0.3 is 10.4 Å². The third-order valence-electron chi connectivity index (χ3n) is 2.72. The highest BCUT2D eigenvalue weighted by Gasteiger charge is 2.07. The van der Waals surface area contributed by atoms with Crippen LogP contribution in [-0.2, 0) is 11.3 Å². The lowest BCUT2D eigenvalue weighted by molar-refractivity contribution is -0.116. The molecule has 0 saturated carbocycles. The number of nitrogens with one attached hydrogen (secondary N) is 1. The van der Waals surface area contributed by atoms with Crippen molar-refractivity contribution >= 4 is 34.2 Å². The fraction of sp³-hybridized carbons (Fsp3) is 0.231. The smallest absolute Gasteiger partial charge is 0.226 e. The fourth-order valence-corrected chi connectivity index (χ4v) is 2.07. The van der Waals surface area contributed by atoms with E-state index in [0.29, 0.717) is 18.7 Å². The van der Waals surface area contributed by atoms with Crippen molar-refractivity contribution in [2.75, 3.05) is 5.32 Å². The van der Waals surface area contributed by atoms with Gasteiger partial charge >= 0.3 is 0 Å². The van der Waals surface area contributed by atoms with Crippen LogP contribution in [0.3, 0.4) is 0 Å². The largest absolute Gasteiger partial charge is 0.508 e. The number of hydrogen-bond donors (Lipinski definition) is 2. The van der Waals surface area contributed by atoms with Crippen LogP contribution in [-0.4, -0.2) is 20.8 Å². The summed E-state index contributed by atoms with van der Waals surface area (Å²) >= 11 is 2.21. The van der Waals surface area contributed by atoms with Crippen molar-refractivity contribution in [3.05, 3.63) is 39.7 Å². The SMILES string of the molecule is Cc1c(I)cnn1CCC(=O)Nc1cccc(O)c1. The molecule has 19 heavy (non-hydrogen) atoms. The Labute approximate surface area is 124 Å². The van der Waals surface area contributed by atoms with Gasteiger partial charge in [0.25, 0.3) is 0 Å². The second-order valence-electron chi connectivity index (χ2n) is 4.15. The molecule has 6 heteroatoms. The molecule has 0 aliphatic carbocycles. The second kappa shape index (κ2) is 6.05. The summed E-state index contributed by atoms with van der Waals surface area (Å²) in [6.07, 6.45) is 2.12. The van der Waals surface area contributed by atoms with Crippen molar-refractivity contribution < 1.29 is 9.90 Å². The van der Waals surface area contributed by atoms with Gasteiger partial charge in [-0.3, -0.25) is 9.48 Å². The first-order chi connectivity index (χ1) is 9.06. The van der Waals surface area contributed by atoms with E-state index in [-0.39, 0.29) is 11.7 Å². The highest BCUT2D eigenvalue weighted by molar-refractivity contribution is 14.1. The summed E-state index contributed by atoms with van der Waals surface area (Å²) in [5, 5.41) is 16.2. The molecule has 100 valence electrons. The maximum Gasteiger partial charge on any atom is 0.226 e. The van der Waals surface area contributed by atoms with Crippen LogP contribution in [0.4, 0.5) is 5.69 Å². The molecule has 1 aromatic heterocycles. The maximum atomic E-state index is 11.8. The third kappa shape index (κ3) is 3.69. The number of nitrogens with zero attached hydrogens (tertiary/aromatic N) is 2. The summed E-state index contributed by atoms with van der Waals surface area (Å²) in [5.74, 6) is 0.0331. The van der Waals surface area contributed by atoms with Gasteiger partial charge in [0.2, 0.25) is 5.91 Å². The Morgan fingerprint density at radius 3 is 2.95 bits per heavy atom. The summed E-state index contributed by atoms with van der Waals surface area (Å²) in [5.41, 5.74) is 1.66. The zero-order valence-electron chi connectivity index (χ0n) is 10.4. The zero-order chi connectivity index (χ0) is 13.8. The number of aromatic hydroxyl groups is 1. The molecule has 0 spiro atoms. The number of aryl methyl sites for hydroxylation is 1. The number of carbonyl (C=O) groups excluding carboxylic acids is 1. The van der Waals surface area contributed by atoms with Gasteiger partial charge in [-0.05, 0) is 41.6 Å². The van der Waals surface area contributed by atoms with Gasteiger partial charge in [0.05, 0.1) is 16.3 Å². The van der Waals surface area contributed by atoms with Crippen molar-refractivity contribution in [3.8, 4) is 5.75 Å². The third-order valence-corrected chi connectivity index (χ3v) is 3.78. The van der Waals surface area contributed by atoms with Crippen LogP contribution < -0.4 is 5.32 Å². The van der Waals surface area contributed by atoms with Crippen molar-refractivity contribution in [2.24, 2.45) is 0 Å². The molecule has 0 unspecified atom stereocenters. The minimum Gasteiger partial charge on any atom is -0.508 e. The van der Waals surface area contributed by atoms with E-state index in [1.165, 1.54) is 6.07 Å². The van der Waals surface area contributed by atoms with Crippen LogP contribution in [0.2, 0.25) is 0 Å². The molecule has 5 nitrogen and oxygen atoms in total. The average molecular weight is 371 g/mol. The lowest BCUT2D eigenvalue weighted by Crippen LogP contribution is -2.15. The molecule has 1 aromatic carbocycles. The number of phenols is 1. The molecular weight excluding hydrogens is 357 g/mol. The standard InChI is InChI=1S/C13H14IN3O2/c1-9-12(14)8-15-17(9)6-5-13(19)16-10-3-2-4-11(18)7-10/h2-4,7-8,18H,5-6H2,1H3,(H,16,19). The molecule has 0 fully saturated rings. The number of anilines is 1. The molecule has 0 radical (unpaired) electrons. The number of halogens is 1. The quantitative estimate of drug-likeness (QED) is 0.812. The van der Waals surface area contributed by atoms with Crippen molar-refractivity contribution in [2.45, 2.75) is 19.9 Å². The molecule has 2 N–H and O–H groups in total. The van der Waals surface area contributed by atoms with Crippen LogP contribution in [0.1, 0.15) is 12.1 Å². The van der Waals surface area contributed by atoms with Gasteiger partial charge in [0, 0.05) is 23.9 Å². The molecule has 1 amide bonds. The predicted octanol–water partition coefficient (Wildman–Crippen LogP) is 2.53. The number of rotatable bonds is 4. The van der Waals surface area contributed by atoms with Crippen molar-refractivity contribution in [3.63, 3.8) is 0 Å². The molecule has 0 bridgehead atoms. The van der Waals surface area contributed by atoms with Crippen LogP contribution in [0.5, 0.6) is 5.75 Å². The van der Waals surface area contributed by atoms with Crippen LogP contribution in [0.25, 0.3) is 0 Å². The Balaban J connectivity index is 1.90. The molecule has 0 atom stereocenters. The predicted molar refractivity (Wildman–Crippen MR) is 81.0 cm³/mol. The van der Waals surface area contributed by atoms with E-state index < -0.39 is 0 Å². The van der Waals surface area contributed by atoms with Gasteiger partial charge in [0.1, 0.15) is 5.75 Å². The summed E-state index contributed by atoms with van der Waals surface area (Å²) < 4.78 is 2.90. The first-order valence-electron chi connectivity index (χ1n) is 5.83. The first-order valence-corrected chi connectivity index (χ1v) is 6.91. The highest BCUT2D eigenvalue weighted by atomic mass is 127. The van der Waals surface area contributed by atoms with Crippen molar-refractivity contribution in [1.29, 1.82) is 0 Å². The van der Waals surface area contributed by atoms with Gasteiger partial charge in [0.15, 0.2) is 0 Å². The number of aromatic nitrogens is 2. The lowest BCUT2D eigenvalue weighted by atomic mass is 10.3. The molecule has 1 heterocycles. The summed E-state index contributed by atoms with van der Waals surface area (Å²) in [7, 11) is 0. The van der Waals surface area contributed by atoms with Gasteiger partial charge in [-0.1, -0.05) is 6.07 Å². The van der Waals surface area contributed by atoms with Gasteiger partial charge in [-0.2, -0.15) is 5.10 Å². The van der Waals surface area contributed by atoms with E-state index in [9.17, 15) is 9.90 Å². The number of phenolic OH excluding ortho intramolecular Hbond substituents is 1. The Bertz CT molecular complexity index is 595. The normalized spacial score (nSPS) is 10.4. The fourth-order valence-electron chi connectivity index (χ4n) is 1.66. The zero-order valence-corrected chi connectivity index (χ0v) is 12.6. The molecule has 2 aromatic rings. The van der Waals surface area contributed by atoms with Crippen LogP contribution in [0.15, 0.2) is 30.5 Å². The van der Waals surface area contributed by atoms with Gasteiger partial charge in [-0.15, -0.1) is 0 Å². The van der Waals surface area contributed by atoms with E-state index >= 15 is 0 Å². The average Bonchev–Trinajstić information content (AvgIpc) is 2.68. The molecular formula is C13H14IN3O2. The van der Waals surface area contributed by atoms with E-state index in [2.05, 4.69) is 33.0 Å². The first kappa shape index (κ1) is 13.9. The minimum atomic E-state index is -0.101. The number of hydrogen-bond acceptors (Lipinski definition) is 3. The monoisotopic (exact) mass is 371 g/mol. The summed E-state index contributed by atoms with van der Waals surface area (Å²) in [6, 6.07) is 6.50. The van der Waals surface area contributed by atoms with E-state index in [4.69, 9.17) is 0 Å². The highest BCUT2D eigenvalue weighted by Crippen LogP contribution is 2.15. The second-order valence-corrected chi connectivity index (χ2v) is 5.31. The van der Waals surface area contributed by atoms with Gasteiger partial charge in [-0.25, -0.2) is 0 Å². The number of amides is 1. The number of benzene rings is 1.